The molecule has 92 valence electrons. The Labute approximate surface area is 102 Å². The van der Waals surface area contributed by atoms with Gasteiger partial charge in [0.25, 0.3) is 0 Å². The van der Waals surface area contributed by atoms with Crippen LogP contribution >= 0.6 is 0 Å². The molecule has 1 aliphatic rings. The molecular formula is C12H10N2O4. The zero-order chi connectivity index (χ0) is 13.1. The molecule has 0 aromatic carbocycles. The van der Waals surface area contributed by atoms with Crippen molar-refractivity contribution in [3.63, 3.8) is 0 Å². The minimum absolute atomic E-state index is 0.0251. The normalized spacial score (nSPS) is 15.3. The van der Waals surface area contributed by atoms with Gasteiger partial charge in [0.1, 0.15) is 0 Å². The van der Waals surface area contributed by atoms with Crippen molar-refractivity contribution in [3.05, 3.63) is 53.6 Å². The molecule has 18 heavy (non-hydrogen) atoms. The van der Waals surface area contributed by atoms with Crippen LogP contribution in [0.4, 0.5) is 0 Å². The maximum Gasteiger partial charge on any atom is 0.334 e. The highest BCUT2D eigenvalue weighted by atomic mass is 16.4. The van der Waals surface area contributed by atoms with Gasteiger partial charge in [0.15, 0.2) is 0 Å². The Morgan fingerprint density at radius 2 is 1.78 bits per heavy atom. The van der Waals surface area contributed by atoms with Crippen molar-refractivity contribution < 1.29 is 19.8 Å². The molecule has 0 spiro atoms. The predicted octanol–water partition coefficient (Wildman–Crippen LogP) is 0.705. The standard InChI is InChI=1S/C12H10N2O4/c15-11(16)8-5-14-6-9(12(17)18)10(8)7-2-1-3-13-4-7/h1-6,10,14H,(H,15,16)(H,17,18). The third-order valence-electron chi connectivity index (χ3n) is 2.61. The first-order valence-electron chi connectivity index (χ1n) is 5.14. The van der Waals surface area contributed by atoms with Crippen molar-refractivity contribution in [2.24, 2.45) is 0 Å². The highest BCUT2D eigenvalue weighted by molar-refractivity contribution is 5.97. The fourth-order valence-corrected chi connectivity index (χ4v) is 1.83. The number of rotatable bonds is 3. The molecule has 2 heterocycles. The summed E-state index contributed by atoms with van der Waals surface area (Å²) in [5, 5.41) is 20.8. The second-order valence-corrected chi connectivity index (χ2v) is 3.70. The zero-order valence-corrected chi connectivity index (χ0v) is 9.20. The highest BCUT2D eigenvalue weighted by Gasteiger charge is 2.32. The van der Waals surface area contributed by atoms with Gasteiger partial charge in [-0.3, -0.25) is 4.98 Å². The number of hydrogen-bond donors (Lipinski definition) is 3. The Hall–Kier alpha value is -2.63. The summed E-state index contributed by atoms with van der Waals surface area (Å²) in [5.74, 6) is -3.15. The number of aromatic nitrogens is 1. The van der Waals surface area contributed by atoms with Gasteiger partial charge >= 0.3 is 11.9 Å². The van der Waals surface area contributed by atoms with Gasteiger partial charge in [0.2, 0.25) is 0 Å². The van der Waals surface area contributed by atoms with E-state index in [-0.39, 0.29) is 11.1 Å². The molecule has 1 aromatic heterocycles. The van der Waals surface area contributed by atoms with Gasteiger partial charge in [0.05, 0.1) is 17.1 Å². The summed E-state index contributed by atoms with van der Waals surface area (Å²) in [6.07, 6.45) is 5.57. The number of nitrogens with zero attached hydrogens (tertiary/aromatic N) is 1. The number of dihydropyridines is 1. The van der Waals surface area contributed by atoms with Crippen LogP contribution in [0.3, 0.4) is 0 Å². The predicted molar refractivity (Wildman–Crippen MR) is 61.6 cm³/mol. The zero-order valence-electron chi connectivity index (χ0n) is 9.20. The summed E-state index contributed by atoms with van der Waals surface area (Å²) in [6.45, 7) is 0. The molecule has 0 atom stereocenters. The second-order valence-electron chi connectivity index (χ2n) is 3.70. The molecule has 0 saturated carbocycles. The lowest BCUT2D eigenvalue weighted by molar-refractivity contribution is -0.133. The monoisotopic (exact) mass is 246 g/mol. The summed E-state index contributed by atoms with van der Waals surface area (Å²) in [7, 11) is 0. The maximum absolute atomic E-state index is 11.2. The van der Waals surface area contributed by atoms with E-state index in [0.29, 0.717) is 5.56 Å². The largest absolute Gasteiger partial charge is 0.478 e. The van der Waals surface area contributed by atoms with Crippen LogP contribution in [0.1, 0.15) is 11.5 Å². The fraction of sp³-hybridized carbons (Fsp3) is 0.0833. The van der Waals surface area contributed by atoms with Crippen LogP contribution in [0.25, 0.3) is 0 Å². The number of pyridine rings is 1. The van der Waals surface area contributed by atoms with Crippen LogP contribution in [-0.4, -0.2) is 27.1 Å². The molecule has 0 bridgehead atoms. The topological polar surface area (TPSA) is 99.5 Å². The number of nitrogens with one attached hydrogen (secondary N) is 1. The van der Waals surface area contributed by atoms with Gasteiger partial charge < -0.3 is 15.5 Å². The molecule has 0 amide bonds. The van der Waals surface area contributed by atoms with Crippen LogP contribution in [0.5, 0.6) is 0 Å². The van der Waals surface area contributed by atoms with Gasteiger partial charge in [-0.1, -0.05) is 6.07 Å². The van der Waals surface area contributed by atoms with E-state index in [0.717, 1.165) is 0 Å². The van der Waals surface area contributed by atoms with Crippen molar-refractivity contribution in [2.75, 3.05) is 0 Å². The molecule has 1 aliphatic heterocycles. The fourth-order valence-electron chi connectivity index (χ4n) is 1.83. The van der Waals surface area contributed by atoms with E-state index in [9.17, 15) is 9.59 Å². The Kier molecular flexibility index (Phi) is 3.09. The average Bonchev–Trinajstić information content (AvgIpc) is 2.38. The second kappa shape index (κ2) is 4.70. The van der Waals surface area contributed by atoms with Gasteiger partial charge in [-0.2, -0.15) is 0 Å². The number of aliphatic carboxylic acids is 2. The first-order valence-corrected chi connectivity index (χ1v) is 5.14. The summed E-state index contributed by atoms with van der Waals surface area (Å²) < 4.78 is 0. The van der Waals surface area contributed by atoms with Gasteiger partial charge in [-0.15, -0.1) is 0 Å². The molecule has 0 fully saturated rings. The first-order chi connectivity index (χ1) is 8.61. The molecule has 3 N–H and O–H groups in total. The molecule has 0 aliphatic carbocycles. The van der Waals surface area contributed by atoms with E-state index < -0.39 is 17.9 Å². The summed E-state index contributed by atoms with van der Waals surface area (Å²) in [4.78, 5) is 26.2. The lowest BCUT2D eigenvalue weighted by Crippen LogP contribution is -2.24. The van der Waals surface area contributed by atoms with E-state index in [1.807, 2.05) is 0 Å². The molecule has 0 radical (unpaired) electrons. The quantitative estimate of drug-likeness (QED) is 0.726. The van der Waals surface area contributed by atoms with E-state index in [1.165, 1.54) is 18.6 Å². The lowest BCUT2D eigenvalue weighted by atomic mass is 9.84. The van der Waals surface area contributed by atoms with Crippen LogP contribution in [0, 0.1) is 0 Å². The van der Waals surface area contributed by atoms with Gasteiger partial charge in [-0.25, -0.2) is 9.59 Å². The van der Waals surface area contributed by atoms with E-state index in [4.69, 9.17) is 10.2 Å². The summed E-state index contributed by atoms with van der Waals surface area (Å²) in [5.41, 5.74) is 0.479. The maximum atomic E-state index is 11.2. The molecule has 1 aromatic rings. The first kappa shape index (κ1) is 11.8. The molecule has 0 saturated heterocycles. The van der Waals surface area contributed by atoms with Crippen LogP contribution in [-0.2, 0) is 9.59 Å². The van der Waals surface area contributed by atoms with Crippen LogP contribution < -0.4 is 5.32 Å². The summed E-state index contributed by atoms with van der Waals surface area (Å²) >= 11 is 0. The minimum atomic E-state index is -1.16. The van der Waals surface area contributed by atoms with E-state index in [1.54, 1.807) is 18.3 Å². The van der Waals surface area contributed by atoms with Crippen LogP contribution in [0.15, 0.2) is 48.1 Å². The Bertz CT molecular complexity index is 518. The average molecular weight is 246 g/mol. The molecule has 6 nitrogen and oxygen atoms in total. The Morgan fingerprint density at radius 1 is 1.17 bits per heavy atom. The Balaban J connectivity index is 2.50. The summed E-state index contributed by atoms with van der Waals surface area (Å²) in [6, 6.07) is 3.28. The van der Waals surface area contributed by atoms with E-state index >= 15 is 0 Å². The number of carbonyl (C=O) groups is 2. The SMILES string of the molecule is O=C(O)C1=CNC=C(C(=O)O)C1c1cccnc1. The van der Waals surface area contributed by atoms with Crippen molar-refractivity contribution in [3.8, 4) is 0 Å². The third kappa shape index (κ3) is 2.08. The van der Waals surface area contributed by atoms with Gasteiger partial charge in [0, 0.05) is 24.8 Å². The molecule has 6 heteroatoms. The molecular weight excluding hydrogens is 236 g/mol. The number of carboxylic acid groups (broad SMARTS) is 2. The van der Waals surface area contributed by atoms with Crippen molar-refractivity contribution >= 4 is 11.9 Å². The molecule has 2 rings (SSSR count). The number of carboxylic acids is 2. The van der Waals surface area contributed by atoms with Gasteiger partial charge in [-0.05, 0) is 11.6 Å². The van der Waals surface area contributed by atoms with Crippen LogP contribution in [0.2, 0.25) is 0 Å². The van der Waals surface area contributed by atoms with E-state index in [2.05, 4.69) is 10.3 Å². The minimum Gasteiger partial charge on any atom is -0.478 e. The number of hydrogen-bond acceptors (Lipinski definition) is 4. The smallest absolute Gasteiger partial charge is 0.334 e. The molecule has 0 unspecified atom stereocenters. The highest BCUT2D eigenvalue weighted by Crippen LogP contribution is 2.33. The van der Waals surface area contributed by atoms with Crippen molar-refractivity contribution in [2.45, 2.75) is 5.92 Å². The lowest BCUT2D eigenvalue weighted by Gasteiger charge is -2.22. The Morgan fingerprint density at radius 3 is 2.22 bits per heavy atom. The third-order valence-corrected chi connectivity index (χ3v) is 2.61. The van der Waals surface area contributed by atoms with Crippen molar-refractivity contribution in [1.82, 2.24) is 10.3 Å². The van der Waals surface area contributed by atoms with Crippen molar-refractivity contribution in [1.29, 1.82) is 0 Å².